The number of hydrogen-bond acceptors (Lipinski definition) is 4. The Morgan fingerprint density at radius 2 is 1.79 bits per heavy atom. The number of rotatable bonds is 6. The number of anilines is 1. The van der Waals surface area contributed by atoms with Gasteiger partial charge in [-0.2, -0.15) is 0 Å². The van der Waals surface area contributed by atoms with Gasteiger partial charge < -0.3 is 5.32 Å². The molecule has 7 heteroatoms. The average Bonchev–Trinajstić information content (AvgIpc) is 3.11. The fourth-order valence-corrected chi connectivity index (χ4v) is 3.17. The molecule has 4 aromatic rings. The molecule has 5 nitrogen and oxygen atoms in total. The quantitative estimate of drug-likeness (QED) is 0.511. The Morgan fingerprint density at radius 1 is 1.00 bits per heavy atom. The second kappa shape index (κ2) is 7.72. The maximum absolute atomic E-state index is 13.6. The molecule has 1 N–H and O–H groups in total. The molecule has 1 unspecified atom stereocenters. The lowest BCUT2D eigenvalue weighted by Gasteiger charge is -2.19. The minimum Gasteiger partial charge on any atom is -0.363 e. The molecule has 142 valence electrons. The van der Waals surface area contributed by atoms with Gasteiger partial charge in [-0.15, -0.1) is 0 Å². The molecule has 0 bridgehead atoms. The highest BCUT2D eigenvalue weighted by Gasteiger charge is 2.14. The summed E-state index contributed by atoms with van der Waals surface area (Å²) in [6, 6.07) is 11.2. The van der Waals surface area contributed by atoms with Gasteiger partial charge in [-0.25, -0.2) is 23.7 Å². The number of aromatic nitrogens is 4. The highest BCUT2D eigenvalue weighted by Crippen LogP contribution is 2.25. The normalized spacial score (nSPS) is 12.2. The van der Waals surface area contributed by atoms with E-state index in [0.29, 0.717) is 23.0 Å². The molecule has 1 atom stereocenters. The van der Waals surface area contributed by atoms with Crippen LogP contribution in [-0.2, 0) is 0 Å². The van der Waals surface area contributed by atoms with Crippen LogP contribution in [0.3, 0.4) is 0 Å². The van der Waals surface area contributed by atoms with Crippen molar-refractivity contribution in [3.63, 3.8) is 0 Å². The standard InChI is InChI=1S/C21H19F2N5/c1-2-3-17(14-4-6-15(22)7-5-14)26-19-10-11-24-21(27-19)18-12-25-20-9-8-16(23)13-28(18)20/h4-13,17H,2-3H2,1H3,(H,24,26,27). The highest BCUT2D eigenvalue weighted by molar-refractivity contribution is 5.58. The predicted octanol–water partition coefficient (Wildman–Crippen LogP) is 5.02. The second-order valence-corrected chi connectivity index (χ2v) is 6.52. The van der Waals surface area contributed by atoms with Gasteiger partial charge in [0.15, 0.2) is 5.82 Å². The van der Waals surface area contributed by atoms with Crippen molar-refractivity contribution in [2.45, 2.75) is 25.8 Å². The summed E-state index contributed by atoms with van der Waals surface area (Å²) in [6.07, 6.45) is 6.46. The van der Waals surface area contributed by atoms with Gasteiger partial charge >= 0.3 is 0 Å². The maximum atomic E-state index is 13.6. The van der Waals surface area contributed by atoms with Gasteiger partial charge in [0, 0.05) is 12.4 Å². The third kappa shape index (κ3) is 3.69. The molecule has 0 radical (unpaired) electrons. The van der Waals surface area contributed by atoms with Gasteiger partial charge in [-0.1, -0.05) is 25.5 Å². The number of benzene rings is 1. The molecule has 1 aromatic carbocycles. The number of fused-ring (bicyclic) bond motifs is 1. The summed E-state index contributed by atoms with van der Waals surface area (Å²) in [7, 11) is 0. The summed E-state index contributed by atoms with van der Waals surface area (Å²) >= 11 is 0. The Labute approximate surface area is 161 Å². The number of hydrogen-bond donors (Lipinski definition) is 1. The van der Waals surface area contributed by atoms with Crippen molar-refractivity contribution in [2.75, 3.05) is 5.32 Å². The van der Waals surface area contributed by atoms with E-state index < -0.39 is 0 Å². The van der Waals surface area contributed by atoms with Gasteiger partial charge in [0.1, 0.15) is 28.8 Å². The van der Waals surface area contributed by atoms with Crippen molar-refractivity contribution in [2.24, 2.45) is 0 Å². The lowest BCUT2D eigenvalue weighted by Crippen LogP contribution is -2.12. The summed E-state index contributed by atoms with van der Waals surface area (Å²) in [5.74, 6) is 0.458. The SMILES string of the molecule is CCCC(Nc1ccnc(-c2cnc3ccc(F)cn23)n1)c1ccc(F)cc1. The Balaban J connectivity index is 1.65. The Morgan fingerprint density at radius 3 is 2.57 bits per heavy atom. The largest absolute Gasteiger partial charge is 0.363 e. The zero-order valence-corrected chi connectivity index (χ0v) is 15.3. The van der Waals surface area contributed by atoms with Crippen LogP contribution in [0.25, 0.3) is 17.2 Å². The number of nitrogens with one attached hydrogen (secondary N) is 1. The van der Waals surface area contributed by atoms with E-state index in [1.54, 1.807) is 41.1 Å². The van der Waals surface area contributed by atoms with Crippen LogP contribution in [0, 0.1) is 11.6 Å². The third-order valence-electron chi connectivity index (χ3n) is 4.53. The minimum absolute atomic E-state index is 0.00650. The Hall–Kier alpha value is -3.35. The van der Waals surface area contributed by atoms with Crippen LogP contribution in [0.4, 0.5) is 14.6 Å². The molecule has 0 amide bonds. The average molecular weight is 379 g/mol. The van der Waals surface area contributed by atoms with Crippen LogP contribution in [0.2, 0.25) is 0 Å². The molecular formula is C21H19F2N5. The van der Waals surface area contributed by atoms with Gasteiger partial charge in [0.05, 0.1) is 12.2 Å². The predicted molar refractivity (Wildman–Crippen MR) is 104 cm³/mol. The highest BCUT2D eigenvalue weighted by atomic mass is 19.1. The molecular weight excluding hydrogens is 360 g/mol. The van der Waals surface area contributed by atoms with E-state index in [9.17, 15) is 8.78 Å². The summed E-state index contributed by atoms with van der Waals surface area (Å²) in [5.41, 5.74) is 2.21. The van der Waals surface area contributed by atoms with E-state index in [1.807, 2.05) is 0 Å². The van der Waals surface area contributed by atoms with Crippen LogP contribution >= 0.6 is 0 Å². The van der Waals surface area contributed by atoms with Crippen LogP contribution in [0.15, 0.2) is 61.1 Å². The number of halogens is 2. The minimum atomic E-state index is -0.361. The Bertz CT molecular complexity index is 1090. The second-order valence-electron chi connectivity index (χ2n) is 6.52. The fraction of sp³-hybridized carbons (Fsp3) is 0.190. The van der Waals surface area contributed by atoms with Crippen molar-refractivity contribution in [3.8, 4) is 11.5 Å². The molecule has 3 heterocycles. The monoisotopic (exact) mass is 379 g/mol. The number of nitrogens with zero attached hydrogens (tertiary/aromatic N) is 4. The summed E-state index contributed by atoms with van der Waals surface area (Å²) in [5, 5.41) is 3.40. The van der Waals surface area contributed by atoms with Crippen LogP contribution < -0.4 is 5.32 Å². The van der Waals surface area contributed by atoms with Crippen LogP contribution in [0.5, 0.6) is 0 Å². The van der Waals surface area contributed by atoms with Crippen molar-refractivity contribution < 1.29 is 8.78 Å². The summed E-state index contributed by atoms with van der Waals surface area (Å²) < 4.78 is 28.5. The first-order chi connectivity index (χ1) is 13.6. The van der Waals surface area contributed by atoms with Crippen LogP contribution in [0.1, 0.15) is 31.4 Å². The molecule has 0 fully saturated rings. The van der Waals surface area contributed by atoms with E-state index in [0.717, 1.165) is 18.4 Å². The zero-order valence-electron chi connectivity index (χ0n) is 15.3. The first-order valence-electron chi connectivity index (χ1n) is 9.12. The van der Waals surface area contributed by atoms with Gasteiger partial charge in [0.25, 0.3) is 0 Å². The lowest BCUT2D eigenvalue weighted by atomic mass is 10.0. The first-order valence-corrected chi connectivity index (χ1v) is 9.12. The van der Waals surface area contributed by atoms with E-state index in [1.165, 1.54) is 24.4 Å². The molecule has 0 saturated carbocycles. The molecule has 4 rings (SSSR count). The topological polar surface area (TPSA) is 55.1 Å². The molecule has 0 aliphatic carbocycles. The fourth-order valence-electron chi connectivity index (χ4n) is 3.17. The van der Waals surface area contributed by atoms with E-state index in [-0.39, 0.29) is 17.7 Å². The number of pyridine rings is 1. The number of imidazole rings is 1. The third-order valence-corrected chi connectivity index (χ3v) is 4.53. The van der Waals surface area contributed by atoms with Crippen molar-refractivity contribution in [3.05, 3.63) is 78.3 Å². The van der Waals surface area contributed by atoms with Gasteiger partial charge in [-0.3, -0.25) is 4.40 Å². The maximum Gasteiger partial charge on any atom is 0.180 e. The van der Waals surface area contributed by atoms with Crippen molar-refractivity contribution in [1.29, 1.82) is 0 Å². The summed E-state index contributed by atoms with van der Waals surface area (Å²) in [4.78, 5) is 13.2. The molecule has 0 spiro atoms. The molecule has 0 aliphatic rings. The molecule has 0 saturated heterocycles. The molecule has 28 heavy (non-hydrogen) atoms. The first kappa shape index (κ1) is 18.0. The van der Waals surface area contributed by atoms with E-state index >= 15 is 0 Å². The lowest BCUT2D eigenvalue weighted by molar-refractivity contribution is 0.619. The smallest absolute Gasteiger partial charge is 0.180 e. The van der Waals surface area contributed by atoms with E-state index in [2.05, 4.69) is 27.2 Å². The van der Waals surface area contributed by atoms with Crippen molar-refractivity contribution >= 4 is 11.5 Å². The summed E-state index contributed by atoms with van der Waals surface area (Å²) in [6.45, 7) is 2.09. The van der Waals surface area contributed by atoms with Crippen LogP contribution in [-0.4, -0.2) is 19.4 Å². The van der Waals surface area contributed by atoms with Gasteiger partial charge in [0.2, 0.25) is 0 Å². The van der Waals surface area contributed by atoms with E-state index in [4.69, 9.17) is 0 Å². The molecule has 0 aliphatic heterocycles. The Kier molecular flexibility index (Phi) is 4.97. The molecule has 3 aromatic heterocycles. The van der Waals surface area contributed by atoms with Crippen molar-refractivity contribution in [1.82, 2.24) is 19.4 Å². The zero-order chi connectivity index (χ0) is 19.5. The van der Waals surface area contributed by atoms with Gasteiger partial charge in [-0.05, 0) is 42.3 Å².